The Balaban J connectivity index is 2.06. The number of esters is 1. The predicted octanol–water partition coefficient (Wildman–Crippen LogP) is 3.94. The maximum absolute atomic E-state index is 12.1. The second-order valence-electron chi connectivity index (χ2n) is 5.83. The topological polar surface area (TPSA) is 98.5 Å². The van der Waals surface area contributed by atoms with Crippen LogP contribution in [0.15, 0.2) is 18.2 Å². The second-order valence-corrected chi connectivity index (χ2v) is 7.08. The van der Waals surface area contributed by atoms with Crippen LogP contribution in [0.2, 0.25) is 0 Å². The molecular formula is C18H20N2O5S. The van der Waals surface area contributed by atoms with E-state index in [0.717, 1.165) is 22.4 Å². The first-order valence-electron chi connectivity index (χ1n) is 8.05. The van der Waals surface area contributed by atoms with E-state index in [1.807, 2.05) is 13.8 Å². The van der Waals surface area contributed by atoms with Gasteiger partial charge < -0.3 is 10.1 Å². The largest absolute Gasteiger partial charge is 0.451 e. The van der Waals surface area contributed by atoms with Crippen LogP contribution in [0, 0.1) is 30.9 Å². The van der Waals surface area contributed by atoms with Crippen LogP contribution < -0.4 is 5.32 Å². The summed E-state index contributed by atoms with van der Waals surface area (Å²) in [5.74, 6) is -1.21. The van der Waals surface area contributed by atoms with Gasteiger partial charge in [0.25, 0.3) is 11.6 Å². The van der Waals surface area contributed by atoms with Gasteiger partial charge in [-0.1, -0.05) is 13.0 Å². The number of benzene rings is 1. The van der Waals surface area contributed by atoms with E-state index in [2.05, 4.69) is 5.32 Å². The number of thiophene rings is 1. The number of carbonyl (C=O) groups is 2. The monoisotopic (exact) mass is 376 g/mol. The zero-order chi connectivity index (χ0) is 19.4. The molecule has 1 N–H and O–H groups in total. The first kappa shape index (κ1) is 19.6. The van der Waals surface area contributed by atoms with Gasteiger partial charge in [-0.15, -0.1) is 11.3 Å². The maximum Gasteiger partial charge on any atom is 0.348 e. The van der Waals surface area contributed by atoms with Crippen LogP contribution >= 0.6 is 11.3 Å². The van der Waals surface area contributed by atoms with Crippen molar-refractivity contribution in [3.8, 4) is 0 Å². The molecule has 0 saturated heterocycles. The Morgan fingerprint density at radius 1 is 1.27 bits per heavy atom. The highest BCUT2D eigenvalue weighted by molar-refractivity contribution is 7.14. The summed E-state index contributed by atoms with van der Waals surface area (Å²) in [6.45, 7) is 6.88. The summed E-state index contributed by atoms with van der Waals surface area (Å²) in [6, 6.07) is 4.72. The number of hydrogen-bond donors (Lipinski definition) is 1. The molecule has 0 aliphatic heterocycles. The molecule has 2 aromatic rings. The second kappa shape index (κ2) is 8.09. The Morgan fingerprint density at radius 3 is 2.54 bits per heavy atom. The average Bonchev–Trinajstić information content (AvgIpc) is 2.97. The molecule has 1 amide bonds. The number of carbonyl (C=O) groups excluding carboxylic acids is 2. The van der Waals surface area contributed by atoms with Gasteiger partial charge in [0.1, 0.15) is 10.6 Å². The van der Waals surface area contributed by atoms with Crippen molar-refractivity contribution in [2.75, 3.05) is 11.9 Å². The smallest absolute Gasteiger partial charge is 0.348 e. The molecule has 1 heterocycles. The minimum Gasteiger partial charge on any atom is -0.451 e. The average molecular weight is 376 g/mol. The van der Waals surface area contributed by atoms with Crippen molar-refractivity contribution in [3.63, 3.8) is 0 Å². The highest BCUT2D eigenvalue weighted by Gasteiger charge is 2.20. The SMILES string of the molecule is CCc1cc(C(=O)OCC(=O)Nc2c([N+](=O)[O-])ccc(C)c2C)sc1C. The molecule has 138 valence electrons. The first-order valence-corrected chi connectivity index (χ1v) is 8.87. The van der Waals surface area contributed by atoms with Crippen molar-refractivity contribution in [1.29, 1.82) is 0 Å². The summed E-state index contributed by atoms with van der Waals surface area (Å²) in [5, 5.41) is 13.6. The number of nitrogens with one attached hydrogen (secondary N) is 1. The van der Waals surface area contributed by atoms with Crippen molar-refractivity contribution in [1.82, 2.24) is 0 Å². The predicted molar refractivity (Wildman–Crippen MR) is 99.9 cm³/mol. The molecule has 0 spiro atoms. The first-order chi connectivity index (χ1) is 12.2. The lowest BCUT2D eigenvalue weighted by Gasteiger charge is -2.11. The number of amides is 1. The third-order valence-corrected chi connectivity index (χ3v) is 5.18. The minimum atomic E-state index is -0.626. The van der Waals surface area contributed by atoms with Gasteiger partial charge in [0, 0.05) is 10.9 Å². The molecule has 0 aliphatic rings. The van der Waals surface area contributed by atoms with Crippen LogP contribution in [0.4, 0.5) is 11.4 Å². The van der Waals surface area contributed by atoms with E-state index < -0.39 is 23.4 Å². The fourth-order valence-corrected chi connectivity index (χ4v) is 3.47. The highest BCUT2D eigenvalue weighted by atomic mass is 32.1. The lowest BCUT2D eigenvalue weighted by atomic mass is 10.1. The fourth-order valence-electron chi connectivity index (χ4n) is 2.46. The molecule has 1 aromatic carbocycles. The van der Waals surface area contributed by atoms with Crippen LogP contribution in [0.3, 0.4) is 0 Å². The summed E-state index contributed by atoms with van der Waals surface area (Å²) in [4.78, 5) is 36.2. The lowest BCUT2D eigenvalue weighted by Crippen LogP contribution is -2.21. The molecule has 2 rings (SSSR count). The van der Waals surface area contributed by atoms with Gasteiger partial charge in [-0.2, -0.15) is 0 Å². The van der Waals surface area contributed by atoms with E-state index in [4.69, 9.17) is 4.74 Å². The lowest BCUT2D eigenvalue weighted by molar-refractivity contribution is -0.384. The summed E-state index contributed by atoms with van der Waals surface area (Å²) in [5.41, 5.74) is 2.40. The number of nitro groups is 1. The fraction of sp³-hybridized carbons (Fsp3) is 0.333. The summed E-state index contributed by atoms with van der Waals surface area (Å²) < 4.78 is 5.03. The van der Waals surface area contributed by atoms with Gasteiger partial charge in [-0.3, -0.25) is 14.9 Å². The molecule has 0 unspecified atom stereocenters. The van der Waals surface area contributed by atoms with Crippen molar-refractivity contribution in [3.05, 3.63) is 54.8 Å². The Bertz CT molecular complexity index is 873. The van der Waals surface area contributed by atoms with Gasteiger partial charge in [0.2, 0.25) is 0 Å². The van der Waals surface area contributed by atoms with E-state index in [-0.39, 0.29) is 11.4 Å². The van der Waals surface area contributed by atoms with E-state index in [0.29, 0.717) is 10.4 Å². The molecule has 26 heavy (non-hydrogen) atoms. The molecular weight excluding hydrogens is 356 g/mol. The summed E-state index contributed by atoms with van der Waals surface area (Å²) in [6.07, 6.45) is 0.812. The molecule has 1 aromatic heterocycles. The zero-order valence-electron chi connectivity index (χ0n) is 15.0. The molecule has 0 bridgehead atoms. The van der Waals surface area contributed by atoms with E-state index in [9.17, 15) is 19.7 Å². The Kier molecular flexibility index (Phi) is 6.10. The van der Waals surface area contributed by atoms with Crippen LogP contribution in [0.1, 0.15) is 38.2 Å². The van der Waals surface area contributed by atoms with Gasteiger partial charge >= 0.3 is 5.97 Å². The molecule has 0 fully saturated rings. The van der Waals surface area contributed by atoms with Crippen LogP contribution in [-0.4, -0.2) is 23.4 Å². The quantitative estimate of drug-likeness (QED) is 0.468. The van der Waals surface area contributed by atoms with Crippen LogP contribution in [0.25, 0.3) is 0 Å². The molecule has 0 radical (unpaired) electrons. The van der Waals surface area contributed by atoms with Crippen LogP contribution in [-0.2, 0) is 16.0 Å². The summed E-state index contributed by atoms with van der Waals surface area (Å²) in [7, 11) is 0. The van der Waals surface area contributed by atoms with Crippen LogP contribution in [0.5, 0.6) is 0 Å². The van der Waals surface area contributed by atoms with Crippen molar-refractivity contribution < 1.29 is 19.2 Å². The maximum atomic E-state index is 12.1. The van der Waals surface area contributed by atoms with Crippen molar-refractivity contribution in [2.24, 2.45) is 0 Å². The number of rotatable bonds is 6. The molecule has 8 heteroatoms. The molecule has 0 aliphatic carbocycles. The molecule has 0 atom stereocenters. The number of nitrogens with zero attached hydrogens (tertiary/aromatic N) is 1. The third kappa shape index (κ3) is 4.26. The minimum absolute atomic E-state index is 0.122. The number of ether oxygens (including phenoxy) is 1. The van der Waals surface area contributed by atoms with Gasteiger partial charge in [-0.25, -0.2) is 4.79 Å². The summed E-state index contributed by atoms with van der Waals surface area (Å²) >= 11 is 1.32. The van der Waals surface area contributed by atoms with E-state index >= 15 is 0 Å². The van der Waals surface area contributed by atoms with E-state index in [1.54, 1.807) is 26.0 Å². The molecule has 0 saturated carbocycles. The normalized spacial score (nSPS) is 10.5. The number of aryl methyl sites for hydroxylation is 3. The van der Waals surface area contributed by atoms with Gasteiger partial charge in [-0.05, 0) is 49.9 Å². The number of nitro benzene ring substituents is 1. The number of hydrogen-bond acceptors (Lipinski definition) is 6. The highest BCUT2D eigenvalue weighted by Crippen LogP contribution is 2.30. The Labute approximate surface area is 155 Å². The van der Waals surface area contributed by atoms with E-state index in [1.165, 1.54) is 17.4 Å². The van der Waals surface area contributed by atoms with Crippen molar-refractivity contribution in [2.45, 2.75) is 34.1 Å². The molecule has 7 nitrogen and oxygen atoms in total. The van der Waals surface area contributed by atoms with Gasteiger partial charge in [0.15, 0.2) is 6.61 Å². The standard InChI is InChI=1S/C18H20N2O5S/c1-5-13-8-15(26-12(13)4)18(22)25-9-16(21)19-17-11(3)10(2)6-7-14(17)20(23)24/h6-8H,5,9H2,1-4H3,(H,19,21). The number of anilines is 1. The zero-order valence-corrected chi connectivity index (χ0v) is 15.9. The van der Waals surface area contributed by atoms with Crippen molar-refractivity contribution >= 4 is 34.6 Å². The van der Waals surface area contributed by atoms with Gasteiger partial charge in [0.05, 0.1) is 4.92 Å². The third-order valence-electron chi connectivity index (χ3n) is 4.11. The Morgan fingerprint density at radius 2 is 1.96 bits per heavy atom. The Hall–Kier alpha value is -2.74.